The third-order valence-corrected chi connectivity index (χ3v) is 4.45. The molecule has 0 aromatic heterocycles. The zero-order valence-corrected chi connectivity index (χ0v) is 17.1. The molecular formula is C22H16ClF2N3O4. The predicted molar refractivity (Wildman–Crippen MR) is 115 cm³/mol. The highest BCUT2D eigenvalue weighted by atomic mass is 35.5. The van der Waals surface area contributed by atoms with Crippen molar-refractivity contribution in [3.05, 3.63) is 94.5 Å². The lowest BCUT2D eigenvalue weighted by Crippen LogP contribution is -2.35. The number of amides is 3. The molecule has 0 fully saturated rings. The van der Waals surface area contributed by atoms with E-state index in [9.17, 15) is 23.6 Å². The van der Waals surface area contributed by atoms with Crippen molar-refractivity contribution in [2.24, 2.45) is 5.16 Å². The molecule has 0 heterocycles. The quantitative estimate of drug-likeness (QED) is 0.279. The van der Waals surface area contributed by atoms with Crippen LogP contribution >= 0.6 is 11.6 Å². The lowest BCUT2D eigenvalue weighted by atomic mass is 10.1. The summed E-state index contributed by atoms with van der Waals surface area (Å²) >= 11 is 5.84. The van der Waals surface area contributed by atoms with Gasteiger partial charge in [0.1, 0.15) is 35.3 Å². The molecule has 10 heteroatoms. The summed E-state index contributed by atoms with van der Waals surface area (Å²) in [6.45, 7) is -0.0336. The van der Waals surface area contributed by atoms with Gasteiger partial charge in [0.25, 0.3) is 5.91 Å². The fourth-order valence-corrected chi connectivity index (χ4v) is 2.77. The number of imide groups is 1. The van der Waals surface area contributed by atoms with E-state index >= 15 is 0 Å². The maximum absolute atomic E-state index is 13.6. The van der Waals surface area contributed by atoms with Gasteiger partial charge in [-0.1, -0.05) is 35.0 Å². The van der Waals surface area contributed by atoms with Crippen LogP contribution in [-0.4, -0.2) is 29.5 Å². The number of oxime groups is 1. The Balaban J connectivity index is 1.55. The van der Waals surface area contributed by atoms with Gasteiger partial charge in [0.05, 0.1) is 0 Å². The van der Waals surface area contributed by atoms with E-state index in [0.29, 0.717) is 22.0 Å². The Hall–Kier alpha value is -3.98. The highest BCUT2D eigenvalue weighted by Gasteiger charge is 2.19. The molecule has 0 aliphatic rings. The fourth-order valence-electron chi connectivity index (χ4n) is 2.64. The molecular weight excluding hydrogens is 444 g/mol. The molecule has 0 aliphatic heterocycles. The molecule has 0 unspecified atom stereocenters. The van der Waals surface area contributed by atoms with Crippen LogP contribution in [0.3, 0.4) is 0 Å². The number of halogens is 3. The van der Waals surface area contributed by atoms with Gasteiger partial charge < -0.3 is 15.3 Å². The van der Waals surface area contributed by atoms with Crippen molar-refractivity contribution in [2.45, 2.75) is 0 Å². The summed E-state index contributed by atoms with van der Waals surface area (Å²) in [4.78, 5) is 23.9. The number of carbonyl (C=O) groups is 2. The third-order valence-electron chi connectivity index (χ3n) is 4.20. The van der Waals surface area contributed by atoms with Crippen LogP contribution in [0.4, 0.5) is 19.3 Å². The Labute approximate surface area is 186 Å². The topological polar surface area (TPSA) is 100 Å². The first-order valence-electron chi connectivity index (χ1n) is 9.13. The fraction of sp³-hybridized carbons (Fsp3) is 0.0455. The highest BCUT2D eigenvalue weighted by molar-refractivity contribution is 6.30. The van der Waals surface area contributed by atoms with Gasteiger partial charge in [0.15, 0.2) is 0 Å². The summed E-state index contributed by atoms with van der Waals surface area (Å²) in [7, 11) is 0. The number of urea groups is 1. The molecule has 3 rings (SSSR count). The second kappa shape index (κ2) is 10.4. The molecule has 0 saturated heterocycles. The maximum atomic E-state index is 13.6. The minimum Gasteiger partial charge on any atom is -0.487 e. The van der Waals surface area contributed by atoms with Crippen LogP contribution in [0.15, 0.2) is 71.9 Å². The van der Waals surface area contributed by atoms with Crippen molar-refractivity contribution in [1.29, 1.82) is 0 Å². The van der Waals surface area contributed by atoms with E-state index in [1.807, 2.05) is 5.32 Å². The van der Waals surface area contributed by atoms with Crippen LogP contribution in [0, 0.1) is 11.6 Å². The standard InChI is InChI=1S/C22H16ClF2N3O4/c23-14-6-4-13(5-7-14)19(28-31)12-32-16-10-8-15(9-11-16)26-22(30)27-21(29)20-17(24)2-1-3-18(20)25/h1-11,31H,12H2,(H2,26,27,29,30)/b28-19+. The van der Waals surface area contributed by atoms with E-state index in [1.54, 1.807) is 24.3 Å². The van der Waals surface area contributed by atoms with Crippen LogP contribution in [0.2, 0.25) is 5.02 Å². The Morgan fingerprint density at radius 3 is 2.19 bits per heavy atom. The van der Waals surface area contributed by atoms with Gasteiger partial charge in [0.2, 0.25) is 0 Å². The monoisotopic (exact) mass is 459 g/mol. The van der Waals surface area contributed by atoms with Gasteiger partial charge in [-0.25, -0.2) is 13.6 Å². The zero-order valence-electron chi connectivity index (χ0n) is 16.3. The van der Waals surface area contributed by atoms with Crippen molar-refractivity contribution in [1.82, 2.24) is 5.32 Å². The number of carbonyl (C=O) groups excluding carboxylic acids is 2. The van der Waals surface area contributed by atoms with Crippen LogP contribution < -0.4 is 15.4 Å². The molecule has 0 atom stereocenters. The SMILES string of the molecule is O=C(NC(=O)c1c(F)cccc1F)Nc1ccc(OC/C(=N\O)c2ccc(Cl)cc2)cc1. The molecule has 0 radical (unpaired) electrons. The van der Waals surface area contributed by atoms with Gasteiger partial charge in [-0.05, 0) is 48.5 Å². The maximum Gasteiger partial charge on any atom is 0.326 e. The van der Waals surface area contributed by atoms with E-state index in [2.05, 4.69) is 10.5 Å². The summed E-state index contributed by atoms with van der Waals surface area (Å²) in [6, 6.07) is 14.7. The molecule has 3 aromatic rings. The van der Waals surface area contributed by atoms with E-state index < -0.39 is 29.1 Å². The lowest BCUT2D eigenvalue weighted by Gasteiger charge is -2.10. The second-order valence-corrected chi connectivity index (χ2v) is 6.81. The van der Waals surface area contributed by atoms with Crippen LogP contribution in [0.1, 0.15) is 15.9 Å². The number of rotatable bonds is 6. The summed E-state index contributed by atoms with van der Waals surface area (Å²) in [6.07, 6.45) is 0. The number of hydrogen-bond donors (Lipinski definition) is 3. The molecule has 3 aromatic carbocycles. The van der Waals surface area contributed by atoms with E-state index in [0.717, 1.165) is 18.2 Å². The van der Waals surface area contributed by atoms with Crippen molar-refractivity contribution >= 4 is 34.9 Å². The van der Waals surface area contributed by atoms with Crippen LogP contribution in [0.25, 0.3) is 0 Å². The number of benzene rings is 3. The number of anilines is 1. The Morgan fingerprint density at radius 1 is 0.969 bits per heavy atom. The van der Waals surface area contributed by atoms with Gasteiger partial charge in [-0.15, -0.1) is 0 Å². The van der Waals surface area contributed by atoms with E-state index in [4.69, 9.17) is 16.3 Å². The first-order valence-corrected chi connectivity index (χ1v) is 9.51. The van der Waals surface area contributed by atoms with Gasteiger partial charge in [-0.2, -0.15) is 0 Å². The molecule has 32 heavy (non-hydrogen) atoms. The Morgan fingerprint density at radius 2 is 1.59 bits per heavy atom. The number of nitrogens with one attached hydrogen (secondary N) is 2. The molecule has 164 valence electrons. The predicted octanol–water partition coefficient (Wildman–Crippen LogP) is 4.84. The smallest absolute Gasteiger partial charge is 0.326 e. The molecule has 3 N–H and O–H groups in total. The highest BCUT2D eigenvalue weighted by Crippen LogP contribution is 2.17. The van der Waals surface area contributed by atoms with Gasteiger partial charge >= 0.3 is 6.03 Å². The molecule has 0 saturated carbocycles. The minimum atomic E-state index is -1.21. The van der Waals surface area contributed by atoms with Crippen LogP contribution in [0.5, 0.6) is 5.75 Å². The van der Waals surface area contributed by atoms with Crippen LogP contribution in [-0.2, 0) is 0 Å². The van der Waals surface area contributed by atoms with Gasteiger partial charge in [-0.3, -0.25) is 10.1 Å². The second-order valence-electron chi connectivity index (χ2n) is 6.37. The molecule has 7 nitrogen and oxygen atoms in total. The summed E-state index contributed by atoms with van der Waals surface area (Å²) in [5.74, 6) is -2.96. The minimum absolute atomic E-state index is 0.0336. The average Bonchev–Trinajstić information content (AvgIpc) is 2.76. The molecule has 3 amide bonds. The summed E-state index contributed by atoms with van der Waals surface area (Å²) < 4.78 is 32.8. The van der Waals surface area contributed by atoms with Crippen molar-refractivity contribution < 1.29 is 28.3 Å². The first-order chi connectivity index (χ1) is 15.4. The third kappa shape index (κ3) is 5.79. The Kier molecular flexibility index (Phi) is 7.35. The average molecular weight is 460 g/mol. The normalized spacial score (nSPS) is 11.0. The number of ether oxygens (including phenoxy) is 1. The van der Waals surface area contributed by atoms with Crippen molar-refractivity contribution in [3.8, 4) is 5.75 Å². The van der Waals surface area contributed by atoms with Gasteiger partial charge in [0, 0.05) is 16.3 Å². The van der Waals surface area contributed by atoms with Crippen molar-refractivity contribution in [3.63, 3.8) is 0 Å². The Bertz CT molecular complexity index is 1130. The largest absolute Gasteiger partial charge is 0.487 e. The molecule has 0 aliphatic carbocycles. The van der Waals surface area contributed by atoms with Crippen molar-refractivity contribution in [2.75, 3.05) is 11.9 Å². The molecule has 0 spiro atoms. The van der Waals surface area contributed by atoms with E-state index in [1.165, 1.54) is 24.3 Å². The first kappa shape index (κ1) is 22.7. The zero-order chi connectivity index (χ0) is 23.1. The molecule has 0 bridgehead atoms. The number of hydrogen-bond acceptors (Lipinski definition) is 5. The summed E-state index contributed by atoms with van der Waals surface area (Å²) in [5, 5.41) is 17.2. The lowest BCUT2D eigenvalue weighted by molar-refractivity contribution is 0.0959. The summed E-state index contributed by atoms with van der Waals surface area (Å²) in [5.41, 5.74) is 0.351. The number of nitrogens with zero attached hydrogens (tertiary/aromatic N) is 1. The van der Waals surface area contributed by atoms with E-state index in [-0.39, 0.29) is 12.3 Å².